The van der Waals surface area contributed by atoms with Crippen LogP contribution in [0.5, 0.6) is 0 Å². The minimum Gasteiger partial charge on any atom is -0.353 e. The van der Waals surface area contributed by atoms with Crippen molar-refractivity contribution in [3.05, 3.63) is 34.9 Å². The van der Waals surface area contributed by atoms with Gasteiger partial charge in [-0.15, -0.1) is 0 Å². The predicted octanol–water partition coefficient (Wildman–Crippen LogP) is 0.971. The van der Waals surface area contributed by atoms with E-state index >= 15 is 0 Å². The summed E-state index contributed by atoms with van der Waals surface area (Å²) in [6.45, 7) is 1.56. The van der Waals surface area contributed by atoms with Crippen molar-refractivity contribution in [3.8, 4) is 0 Å². The lowest BCUT2D eigenvalue weighted by Crippen LogP contribution is -2.53. The van der Waals surface area contributed by atoms with Crippen LogP contribution in [-0.2, 0) is 11.2 Å². The number of hydrogen-bond donors (Lipinski definition) is 2. The summed E-state index contributed by atoms with van der Waals surface area (Å²) in [5.74, 6) is 0.0798. The number of carbonyl (C=O) groups excluding carboxylic acids is 1. The van der Waals surface area contributed by atoms with E-state index in [9.17, 15) is 4.79 Å². The third kappa shape index (κ3) is 2.70. The summed E-state index contributed by atoms with van der Waals surface area (Å²) < 4.78 is 0. The minimum absolute atomic E-state index is 0.0798. The summed E-state index contributed by atoms with van der Waals surface area (Å²) in [5, 5.41) is 6.75. The van der Waals surface area contributed by atoms with Crippen molar-refractivity contribution in [2.75, 3.05) is 13.1 Å². The quantitative estimate of drug-likeness (QED) is 0.786. The molecule has 4 heteroatoms. The van der Waals surface area contributed by atoms with Crippen LogP contribution < -0.4 is 10.6 Å². The second-order valence-corrected chi connectivity index (χ2v) is 4.06. The lowest BCUT2D eigenvalue weighted by Gasteiger charge is -2.23. The van der Waals surface area contributed by atoms with Crippen molar-refractivity contribution in [1.29, 1.82) is 0 Å². The number of nitrogens with one attached hydrogen (secondary N) is 2. The van der Waals surface area contributed by atoms with Gasteiger partial charge in [-0.05, 0) is 24.1 Å². The zero-order valence-corrected chi connectivity index (χ0v) is 9.05. The fourth-order valence-corrected chi connectivity index (χ4v) is 1.80. The maximum Gasteiger partial charge on any atom is 0.237 e. The Morgan fingerprint density at radius 1 is 1.27 bits per heavy atom. The molecule has 1 aliphatic heterocycles. The summed E-state index contributed by atoms with van der Waals surface area (Å²) in [6.07, 6.45) is 0.711. The molecule has 0 bridgehead atoms. The molecule has 0 aliphatic carbocycles. The van der Waals surface area contributed by atoms with E-state index in [1.54, 1.807) is 0 Å². The summed E-state index contributed by atoms with van der Waals surface area (Å²) in [4.78, 5) is 11.5. The van der Waals surface area contributed by atoms with Crippen molar-refractivity contribution in [2.24, 2.45) is 0 Å². The molecule has 1 atom stereocenters. The van der Waals surface area contributed by atoms with Crippen molar-refractivity contribution in [3.63, 3.8) is 0 Å². The van der Waals surface area contributed by atoms with Gasteiger partial charge in [-0.25, -0.2) is 0 Å². The zero-order chi connectivity index (χ0) is 10.7. The lowest BCUT2D eigenvalue weighted by molar-refractivity contribution is -0.124. The highest BCUT2D eigenvalue weighted by molar-refractivity contribution is 6.30. The van der Waals surface area contributed by atoms with Gasteiger partial charge in [0.15, 0.2) is 0 Å². The topological polar surface area (TPSA) is 41.1 Å². The Labute approximate surface area is 93.8 Å². The van der Waals surface area contributed by atoms with Crippen LogP contribution in [0.15, 0.2) is 24.3 Å². The van der Waals surface area contributed by atoms with Gasteiger partial charge in [0.25, 0.3) is 0 Å². The first-order valence-electron chi connectivity index (χ1n) is 5.01. The number of piperazine rings is 1. The van der Waals surface area contributed by atoms with E-state index < -0.39 is 0 Å². The predicted molar refractivity (Wildman–Crippen MR) is 60.0 cm³/mol. The van der Waals surface area contributed by atoms with Crippen molar-refractivity contribution in [2.45, 2.75) is 12.5 Å². The Hall–Kier alpha value is -1.06. The van der Waals surface area contributed by atoms with Crippen molar-refractivity contribution < 1.29 is 4.79 Å². The number of amides is 1. The number of benzene rings is 1. The maximum atomic E-state index is 11.5. The molecule has 1 aromatic carbocycles. The van der Waals surface area contributed by atoms with Crippen LogP contribution in [0.25, 0.3) is 0 Å². The molecule has 2 rings (SSSR count). The van der Waals surface area contributed by atoms with Gasteiger partial charge >= 0.3 is 0 Å². The van der Waals surface area contributed by atoms with E-state index in [2.05, 4.69) is 10.6 Å². The molecule has 1 fully saturated rings. The van der Waals surface area contributed by atoms with Gasteiger partial charge < -0.3 is 10.6 Å². The minimum atomic E-state index is -0.111. The molecule has 1 aromatic rings. The zero-order valence-electron chi connectivity index (χ0n) is 8.29. The monoisotopic (exact) mass is 224 g/mol. The van der Waals surface area contributed by atoms with Gasteiger partial charge in [0.1, 0.15) is 0 Å². The fourth-order valence-electron chi connectivity index (χ4n) is 1.67. The molecular weight excluding hydrogens is 212 g/mol. The Morgan fingerprint density at radius 2 is 2.00 bits per heavy atom. The molecule has 1 heterocycles. The Balaban J connectivity index is 2.01. The van der Waals surface area contributed by atoms with E-state index in [1.165, 1.54) is 0 Å². The first kappa shape index (κ1) is 10.5. The third-order valence-electron chi connectivity index (χ3n) is 2.48. The Kier molecular flexibility index (Phi) is 3.23. The summed E-state index contributed by atoms with van der Waals surface area (Å²) in [6, 6.07) is 7.48. The van der Waals surface area contributed by atoms with Gasteiger partial charge in [0, 0.05) is 18.1 Å². The molecule has 0 radical (unpaired) electrons. The number of halogens is 1. The fraction of sp³-hybridized carbons (Fsp3) is 0.364. The lowest BCUT2D eigenvalue weighted by atomic mass is 10.0. The molecule has 0 spiro atoms. The van der Waals surface area contributed by atoms with Crippen LogP contribution in [0.3, 0.4) is 0 Å². The van der Waals surface area contributed by atoms with E-state index in [1.807, 2.05) is 24.3 Å². The van der Waals surface area contributed by atoms with Crippen LogP contribution in [0.4, 0.5) is 0 Å². The smallest absolute Gasteiger partial charge is 0.237 e. The van der Waals surface area contributed by atoms with Crippen LogP contribution in [0.1, 0.15) is 5.56 Å². The molecule has 3 nitrogen and oxygen atoms in total. The molecule has 0 aromatic heterocycles. The highest BCUT2D eigenvalue weighted by Gasteiger charge is 2.21. The van der Waals surface area contributed by atoms with Crippen molar-refractivity contribution >= 4 is 17.5 Å². The van der Waals surface area contributed by atoms with Crippen molar-refractivity contribution in [1.82, 2.24) is 10.6 Å². The van der Waals surface area contributed by atoms with Gasteiger partial charge in [0.2, 0.25) is 5.91 Å². The Bertz CT molecular complexity index is 350. The molecule has 2 N–H and O–H groups in total. The summed E-state index contributed by atoms with van der Waals surface area (Å²) in [5.41, 5.74) is 1.12. The molecule has 1 aliphatic rings. The average Bonchev–Trinajstić information content (AvgIpc) is 2.25. The normalized spacial score (nSPS) is 21.1. The highest BCUT2D eigenvalue weighted by atomic mass is 35.5. The van der Waals surface area contributed by atoms with E-state index in [-0.39, 0.29) is 11.9 Å². The standard InChI is InChI=1S/C11H13ClN2O/c12-9-3-1-8(2-4-9)7-10-11(15)14-6-5-13-10/h1-4,10,13H,5-7H2,(H,14,15)/t10-/m0/s1. The van der Waals surface area contributed by atoms with Crippen LogP contribution in [0, 0.1) is 0 Å². The SMILES string of the molecule is O=C1NCCN[C@H]1Cc1ccc(Cl)cc1. The largest absolute Gasteiger partial charge is 0.353 e. The van der Waals surface area contributed by atoms with Gasteiger partial charge in [-0.1, -0.05) is 23.7 Å². The molecule has 15 heavy (non-hydrogen) atoms. The van der Waals surface area contributed by atoms with Crippen LogP contribution in [0.2, 0.25) is 5.02 Å². The summed E-state index contributed by atoms with van der Waals surface area (Å²) >= 11 is 5.79. The number of carbonyl (C=O) groups is 1. The molecule has 80 valence electrons. The number of hydrogen-bond acceptors (Lipinski definition) is 2. The second-order valence-electron chi connectivity index (χ2n) is 3.63. The first-order valence-corrected chi connectivity index (χ1v) is 5.39. The average molecular weight is 225 g/mol. The maximum absolute atomic E-state index is 11.5. The molecule has 1 amide bonds. The molecular formula is C11H13ClN2O. The number of rotatable bonds is 2. The van der Waals surface area contributed by atoms with Gasteiger partial charge in [0.05, 0.1) is 6.04 Å². The first-order chi connectivity index (χ1) is 7.25. The van der Waals surface area contributed by atoms with E-state index in [0.717, 1.165) is 23.7 Å². The van der Waals surface area contributed by atoms with E-state index in [4.69, 9.17) is 11.6 Å². The van der Waals surface area contributed by atoms with Gasteiger partial charge in [-0.2, -0.15) is 0 Å². The van der Waals surface area contributed by atoms with Crippen LogP contribution >= 0.6 is 11.6 Å². The Morgan fingerprint density at radius 3 is 2.67 bits per heavy atom. The molecule has 0 unspecified atom stereocenters. The van der Waals surface area contributed by atoms with Gasteiger partial charge in [-0.3, -0.25) is 4.79 Å². The van der Waals surface area contributed by atoms with E-state index in [0.29, 0.717) is 6.42 Å². The summed E-state index contributed by atoms with van der Waals surface area (Å²) in [7, 11) is 0. The third-order valence-corrected chi connectivity index (χ3v) is 2.74. The molecule has 0 saturated carbocycles. The molecule has 1 saturated heterocycles. The van der Waals surface area contributed by atoms with Crippen LogP contribution in [-0.4, -0.2) is 25.0 Å². The second kappa shape index (κ2) is 4.64. The highest BCUT2D eigenvalue weighted by Crippen LogP contribution is 2.11.